The van der Waals surface area contributed by atoms with Crippen molar-refractivity contribution in [3.8, 4) is 6.07 Å². The largest absolute Gasteiger partial charge is 0.369 e. The number of hydrogen-bond donors (Lipinski definition) is 1. The molecule has 1 N–H and O–H groups in total. The maximum atomic E-state index is 8.74. The Labute approximate surface area is 187 Å². The second-order valence-corrected chi connectivity index (χ2v) is 9.00. The molecule has 0 radical (unpaired) electrons. The van der Waals surface area contributed by atoms with E-state index in [0.29, 0.717) is 25.5 Å². The van der Waals surface area contributed by atoms with Gasteiger partial charge in [0.1, 0.15) is 29.3 Å². The van der Waals surface area contributed by atoms with E-state index in [9.17, 15) is 0 Å². The molecule has 1 aromatic rings. The van der Waals surface area contributed by atoms with Gasteiger partial charge in [-0.3, -0.25) is 4.57 Å². The summed E-state index contributed by atoms with van der Waals surface area (Å²) in [5.41, 5.74) is 0.170. The quantitative estimate of drug-likeness (QED) is 0.255. The molecule has 3 aliphatic heterocycles. The molecular formula is C19H27N8O4P. The predicted octanol–water partition coefficient (Wildman–Crippen LogP) is 2.07. The van der Waals surface area contributed by atoms with Crippen molar-refractivity contribution >= 4 is 33.4 Å². The Hall–Kier alpha value is -2.42. The van der Waals surface area contributed by atoms with Gasteiger partial charge >= 0.3 is 8.53 Å². The second kappa shape index (κ2) is 9.60. The monoisotopic (exact) mass is 462 g/mol. The van der Waals surface area contributed by atoms with Crippen LogP contribution in [0.4, 0.5) is 5.82 Å². The van der Waals surface area contributed by atoms with Gasteiger partial charge in [0.05, 0.1) is 44.9 Å². The Morgan fingerprint density at radius 3 is 3.12 bits per heavy atom. The number of imidazole rings is 1. The molecule has 0 amide bonds. The van der Waals surface area contributed by atoms with Gasteiger partial charge in [-0.2, -0.15) is 5.26 Å². The number of nitriles is 1. The van der Waals surface area contributed by atoms with Crippen LogP contribution in [0.15, 0.2) is 21.1 Å². The maximum Gasteiger partial charge on any atom is 0.310 e. The summed E-state index contributed by atoms with van der Waals surface area (Å²) in [7, 11) is 2.17. The highest BCUT2D eigenvalue weighted by atomic mass is 31.2. The number of hydrogen-bond acceptors (Lipinski definition) is 10. The van der Waals surface area contributed by atoms with Gasteiger partial charge in [0.2, 0.25) is 5.96 Å². The summed E-state index contributed by atoms with van der Waals surface area (Å²) < 4.78 is 30.3. The number of guanidine groups is 1. The minimum absolute atomic E-state index is 0.234. The zero-order valence-electron chi connectivity index (χ0n) is 18.3. The number of aliphatic imine (C=N–C) groups is 2. The van der Waals surface area contributed by atoms with Crippen molar-refractivity contribution in [3.05, 3.63) is 12.0 Å². The van der Waals surface area contributed by atoms with Crippen LogP contribution in [0, 0.1) is 11.3 Å². The van der Waals surface area contributed by atoms with Crippen LogP contribution in [0.3, 0.4) is 0 Å². The highest BCUT2D eigenvalue weighted by Crippen LogP contribution is 2.54. The van der Waals surface area contributed by atoms with E-state index in [1.807, 2.05) is 36.6 Å². The molecule has 0 saturated carbocycles. The lowest BCUT2D eigenvalue weighted by atomic mass is 9.96. The summed E-state index contributed by atoms with van der Waals surface area (Å²) in [4.78, 5) is 15.1. The lowest BCUT2D eigenvalue weighted by Crippen LogP contribution is -2.40. The molecule has 0 spiro atoms. The van der Waals surface area contributed by atoms with Gasteiger partial charge in [-0.15, -0.1) is 0 Å². The number of anilines is 1. The van der Waals surface area contributed by atoms with Crippen LogP contribution in [0.5, 0.6) is 0 Å². The fourth-order valence-electron chi connectivity index (χ4n) is 3.86. The Morgan fingerprint density at radius 1 is 1.56 bits per heavy atom. The first kappa shape index (κ1) is 22.8. The average Bonchev–Trinajstić information content (AvgIpc) is 3.46. The van der Waals surface area contributed by atoms with Gasteiger partial charge < -0.3 is 28.7 Å². The molecule has 0 aliphatic carbocycles. The third kappa shape index (κ3) is 4.27. The van der Waals surface area contributed by atoms with Crippen LogP contribution in [-0.4, -0.2) is 78.6 Å². The number of rotatable bonds is 9. The summed E-state index contributed by atoms with van der Waals surface area (Å²) >= 11 is 0. The lowest BCUT2D eigenvalue weighted by molar-refractivity contribution is -0.173. The number of nitrogens with zero attached hydrogens (tertiary/aromatic N) is 7. The fraction of sp³-hybridized carbons (Fsp3) is 0.632. The first-order valence-electron chi connectivity index (χ1n) is 10.3. The van der Waals surface area contributed by atoms with Crippen LogP contribution < -0.4 is 5.32 Å². The molecule has 32 heavy (non-hydrogen) atoms. The first-order valence-corrected chi connectivity index (χ1v) is 11.4. The highest BCUT2D eigenvalue weighted by molar-refractivity contribution is 7.45. The van der Waals surface area contributed by atoms with E-state index in [1.165, 1.54) is 0 Å². The van der Waals surface area contributed by atoms with Crippen molar-refractivity contribution in [2.75, 3.05) is 32.6 Å². The summed E-state index contributed by atoms with van der Waals surface area (Å²) in [5, 5.41) is 12.0. The summed E-state index contributed by atoms with van der Waals surface area (Å²) in [6.45, 7) is 6.68. The van der Waals surface area contributed by atoms with Crippen molar-refractivity contribution < 1.29 is 18.5 Å². The standard InChI is InChI=1S/C19H27N8O4P/c1-5-19-10-28-14(15(19)31-32(21-2)29-8-6-7-20)17(30-19)27-12-23-13-9-22-18(25-16(13)27)24-11-26(3)4/h11-12,14-15,17H,2,5-6,8-10H2,1,3-4H3,(H,22,25)/b24-11+/t14?,15-,17-,19+,32?/m1/s1. The molecule has 172 valence electrons. The minimum Gasteiger partial charge on any atom is -0.369 e. The van der Waals surface area contributed by atoms with Crippen LogP contribution >= 0.6 is 8.53 Å². The maximum absolute atomic E-state index is 8.74. The van der Waals surface area contributed by atoms with Gasteiger partial charge in [-0.1, -0.05) is 6.92 Å². The van der Waals surface area contributed by atoms with E-state index in [4.69, 9.17) is 23.8 Å². The number of ether oxygens (including phenoxy) is 2. The van der Waals surface area contributed by atoms with E-state index >= 15 is 0 Å². The zero-order chi connectivity index (χ0) is 22.7. The molecule has 13 heteroatoms. The summed E-state index contributed by atoms with van der Waals surface area (Å²) in [5.74, 6) is 1.27. The fourth-order valence-corrected chi connectivity index (χ4v) is 4.82. The molecule has 2 saturated heterocycles. The van der Waals surface area contributed by atoms with E-state index in [-0.39, 0.29) is 19.1 Å². The van der Waals surface area contributed by atoms with Gasteiger partial charge in [-0.25, -0.2) is 19.7 Å². The van der Waals surface area contributed by atoms with Gasteiger partial charge in [0.15, 0.2) is 6.23 Å². The third-order valence-electron chi connectivity index (χ3n) is 5.47. The molecule has 4 rings (SSSR count). The van der Waals surface area contributed by atoms with E-state index in [2.05, 4.69) is 31.8 Å². The number of nitrogens with one attached hydrogen (secondary N) is 1. The second-order valence-electron chi connectivity index (χ2n) is 7.77. The zero-order valence-corrected chi connectivity index (χ0v) is 19.2. The predicted molar refractivity (Wildman–Crippen MR) is 120 cm³/mol. The number of aromatic nitrogens is 2. The first-order chi connectivity index (χ1) is 15.5. The Morgan fingerprint density at radius 2 is 2.41 bits per heavy atom. The van der Waals surface area contributed by atoms with Crippen LogP contribution in [0.2, 0.25) is 0 Å². The average molecular weight is 462 g/mol. The van der Waals surface area contributed by atoms with Crippen LogP contribution in [0.1, 0.15) is 31.7 Å². The van der Waals surface area contributed by atoms with Crippen molar-refractivity contribution in [1.82, 2.24) is 14.5 Å². The van der Waals surface area contributed by atoms with E-state index < -0.39 is 26.5 Å². The molecule has 0 aromatic carbocycles. The normalized spacial score (nSPS) is 29.3. The minimum atomic E-state index is -1.62. The van der Waals surface area contributed by atoms with Gasteiger partial charge in [0, 0.05) is 14.1 Å². The van der Waals surface area contributed by atoms with Crippen molar-refractivity contribution in [2.45, 2.75) is 50.3 Å². The van der Waals surface area contributed by atoms with E-state index in [0.717, 1.165) is 11.5 Å². The summed E-state index contributed by atoms with van der Waals surface area (Å²) in [6, 6.07) is 2.04. The van der Waals surface area contributed by atoms with Crippen molar-refractivity contribution in [3.63, 3.8) is 0 Å². The van der Waals surface area contributed by atoms with Crippen molar-refractivity contribution in [2.24, 2.45) is 14.7 Å². The topological polar surface area (TPSA) is 131 Å². The SMILES string of the molecule is C=NP(OCCC#N)O[C@@H]1C2OC[C@]1(CC)O[C@H]2n1cnc2c1NC(/N=C/N(C)C)=NC2. The smallest absolute Gasteiger partial charge is 0.310 e. The Kier molecular flexibility index (Phi) is 6.83. The molecule has 2 bridgehead atoms. The third-order valence-corrected chi connectivity index (χ3v) is 6.51. The number of fused-ring (bicyclic) bond motifs is 3. The van der Waals surface area contributed by atoms with Gasteiger partial charge in [-0.05, 0) is 13.1 Å². The molecule has 3 aliphatic rings. The van der Waals surface area contributed by atoms with Crippen LogP contribution in [0.25, 0.3) is 0 Å². The molecule has 12 nitrogen and oxygen atoms in total. The highest BCUT2D eigenvalue weighted by Gasteiger charge is 2.63. The van der Waals surface area contributed by atoms with Crippen LogP contribution in [-0.2, 0) is 25.1 Å². The molecule has 1 aromatic heterocycles. The molecule has 2 fully saturated rings. The molecule has 2 unspecified atom stereocenters. The van der Waals surface area contributed by atoms with Crippen molar-refractivity contribution in [1.29, 1.82) is 5.26 Å². The molecule has 5 atom stereocenters. The molecular weight excluding hydrogens is 435 g/mol. The Bertz CT molecular complexity index is 944. The lowest BCUT2D eigenvalue weighted by Gasteiger charge is -2.31. The van der Waals surface area contributed by atoms with E-state index in [1.54, 1.807) is 12.7 Å². The summed E-state index contributed by atoms with van der Waals surface area (Å²) in [6.07, 6.45) is 3.13. The Balaban J connectivity index is 1.53. The van der Waals surface area contributed by atoms with Gasteiger partial charge in [0.25, 0.3) is 0 Å². The molecule has 4 heterocycles.